The van der Waals surface area contributed by atoms with Crippen LogP contribution in [0.3, 0.4) is 0 Å². The van der Waals surface area contributed by atoms with Gasteiger partial charge in [-0.2, -0.15) is 0 Å². The monoisotopic (exact) mass is 413 g/mol. The molecule has 0 bridgehead atoms. The van der Waals surface area contributed by atoms with Crippen LogP contribution >= 0.6 is 0 Å². The molecule has 6 rings (SSSR count). The van der Waals surface area contributed by atoms with E-state index in [2.05, 4.69) is 38.7 Å². The van der Waals surface area contributed by atoms with Gasteiger partial charge >= 0.3 is 0 Å². The van der Waals surface area contributed by atoms with E-state index < -0.39 is 0 Å². The van der Waals surface area contributed by atoms with Crippen molar-refractivity contribution in [3.05, 3.63) is 11.6 Å². The molecule has 6 aliphatic rings. The molecule has 0 spiro atoms. The van der Waals surface area contributed by atoms with Crippen molar-refractivity contribution in [3.63, 3.8) is 0 Å². The van der Waals surface area contributed by atoms with Gasteiger partial charge in [0, 0.05) is 18.6 Å². The van der Waals surface area contributed by atoms with Gasteiger partial charge in [0.05, 0.1) is 12.2 Å². The summed E-state index contributed by atoms with van der Waals surface area (Å²) >= 11 is 0. The summed E-state index contributed by atoms with van der Waals surface area (Å²) in [5.74, 6) is 4.50. The van der Waals surface area contributed by atoms with Crippen molar-refractivity contribution in [3.8, 4) is 0 Å². The second kappa shape index (κ2) is 6.58. The second-order valence-corrected chi connectivity index (χ2v) is 13.0. The lowest BCUT2D eigenvalue weighted by Gasteiger charge is -2.58. The summed E-state index contributed by atoms with van der Waals surface area (Å²) in [6.07, 6.45) is 11.8. The number of hydrogen-bond donors (Lipinski definition) is 2. The SMILES string of the molecule is C[C@H]1C[C@H](O)[C@@H]2[C@@H](C)[C@@H]3[C@@H](C[C@H]4[C@@H]5CC=C6C[C@@H](O)CC[C@]6(C)[C@H]5CC[C@]34C)N2C1. The predicted octanol–water partition coefficient (Wildman–Crippen LogP) is 4.63. The van der Waals surface area contributed by atoms with Crippen LogP contribution < -0.4 is 0 Å². The molecule has 2 heterocycles. The molecule has 2 N–H and O–H groups in total. The summed E-state index contributed by atoms with van der Waals surface area (Å²) in [4.78, 5) is 2.79. The summed E-state index contributed by atoms with van der Waals surface area (Å²) in [5, 5.41) is 21.2. The fourth-order valence-corrected chi connectivity index (χ4v) is 10.5. The van der Waals surface area contributed by atoms with Gasteiger partial charge in [-0.3, -0.25) is 4.90 Å². The summed E-state index contributed by atoms with van der Waals surface area (Å²) in [6, 6.07) is 1.10. The van der Waals surface area contributed by atoms with Crippen LogP contribution in [0, 0.1) is 46.3 Å². The quantitative estimate of drug-likeness (QED) is 0.569. The normalized spacial score (nSPS) is 60.1. The smallest absolute Gasteiger partial charge is 0.0701 e. The Balaban J connectivity index is 1.33. The zero-order chi connectivity index (χ0) is 21.0. The Morgan fingerprint density at radius 2 is 1.83 bits per heavy atom. The van der Waals surface area contributed by atoms with E-state index in [4.69, 9.17) is 0 Å². The van der Waals surface area contributed by atoms with Crippen molar-refractivity contribution < 1.29 is 10.2 Å². The molecule has 2 saturated heterocycles. The maximum atomic E-state index is 11.0. The molecule has 3 saturated carbocycles. The van der Waals surface area contributed by atoms with Crippen molar-refractivity contribution >= 4 is 0 Å². The maximum Gasteiger partial charge on any atom is 0.0701 e. The molecule has 3 heteroatoms. The summed E-state index contributed by atoms with van der Waals surface area (Å²) in [5.41, 5.74) is 2.37. The zero-order valence-corrected chi connectivity index (χ0v) is 19.6. The zero-order valence-electron chi connectivity index (χ0n) is 19.6. The lowest BCUT2D eigenvalue weighted by atomic mass is 9.47. The predicted molar refractivity (Wildman–Crippen MR) is 120 cm³/mol. The highest BCUT2D eigenvalue weighted by Gasteiger charge is 2.67. The first-order valence-corrected chi connectivity index (χ1v) is 13.1. The maximum absolute atomic E-state index is 11.0. The Hall–Kier alpha value is -0.380. The van der Waals surface area contributed by atoms with Crippen LogP contribution in [-0.2, 0) is 0 Å². The van der Waals surface area contributed by atoms with Crippen LogP contribution in [0.4, 0.5) is 0 Å². The molecule has 0 radical (unpaired) electrons. The van der Waals surface area contributed by atoms with Gasteiger partial charge in [-0.05, 0) is 97.7 Å². The van der Waals surface area contributed by atoms with Crippen molar-refractivity contribution in [2.24, 2.45) is 46.3 Å². The molecule has 0 amide bonds. The van der Waals surface area contributed by atoms with Crippen LogP contribution in [0.15, 0.2) is 11.6 Å². The lowest BCUT2D eigenvalue weighted by Crippen LogP contribution is -2.53. The average molecular weight is 414 g/mol. The third-order valence-corrected chi connectivity index (χ3v) is 11.7. The number of rotatable bonds is 0. The topological polar surface area (TPSA) is 43.7 Å². The summed E-state index contributed by atoms with van der Waals surface area (Å²) in [7, 11) is 0. The number of hydrogen-bond acceptors (Lipinski definition) is 3. The van der Waals surface area contributed by atoms with Gasteiger partial charge in [0.2, 0.25) is 0 Å². The fourth-order valence-electron chi connectivity index (χ4n) is 10.5. The van der Waals surface area contributed by atoms with Gasteiger partial charge in [-0.1, -0.05) is 39.3 Å². The molecular formula is C27H43NO2. The van der Waals surface area contributed by atoms with Gasteiger partial charge < -0.3 is 10.2 Å². The first kappa shape index (κ1) is 20.2. The van der Waals surface area contributed by atoms with E-state index in [1.54, 1.807) is 5.57 Å². The molecule has 0 aromatic rings. The van der Waals surface area contributed by atoms with Crippen LogP contribution in [0.1, 0.15) is 79.1 Å². The van der Waals surface area contributed by atoms with Crippen LogP contribution in [0.2, 0.25) is 0 Å². The standard InChI is InChI=1S/C27H43NO2/c1-15-11-23(30)25-16(2)24-22(28(25)14-15)13-21-19-6-5-17-12-18(29)7-9-26(17,3)20(19)8-10-27(21,24)4/h5,15-16,18-25,29-30H,6-14H2,1-4H3/t15-,16-,18-,19+,20-,21-,22+,23-,24+,25-,26-,27-/m0/s1. The minimum Gasteiger partial charge on any atom is -0.393 e. The highest BCUT2D eigenvalue weighted by molar-refractivity contribution is 5.27. The average Bonchev–Trinajstić information content (AvgIpc) is 3.15. The summed E-state index contributed by atoms with van der Waals surface area (Å²) in [6.45, 7) is 11.2. The van der Waals surface area contributed by atoms with Crippen molar-refractivity contribution in [1.82, 2.24) is 4.90 Å². The Kier molecular flexibility index (Phi) is 4.44. The fraction of sp³-hybridized carbons (Fsp3) is 0.926. The van der Waals surface area contributed by atoms with E-state index in [0.29, 0.717) is 34.7 Å². The number of piperidine rings is 1. The first-order valence-electron chi connectivity index (χ1n) is 13.1. The Labute approximate surface area is 183 Å². The van der Waals surface area contributed by atoms with Crippen molar-refractivity contribution in [2.75, 3.05) is 6.54 Å². The molecule has 168 valence electrons. The van der Waals surface area contributed by atoms with Crippen LogP contribution in [0.25, 0.3) is 0 Å². The minimum atomic E-state index is -0.125. The van der Waals surface area contributed by atoms with E-state index >= 15 is 0 Å². The molecule has 0 unspecified atom stereocenters. The van der Waals surface area contributed by atoms with Crippen molar-refractivity contribution in [2.45, 2.75) is 103 Å². The van der Waals surface area contributed by atoms with Gasteiger partial charge in [0.15, 0.2) is 0 Å². The van der Waals surface area contributed by atoms with E-state index in [1.165, 1.54) is 38.6 Å². The number of allylic oxidation sites excluding steroid dienone is 1. The Morgan fingerprint density at radius 3 is 2.63 bits per heavy atom. The van der Waals surface area contributed by atoms with E-state index in [0.717, 1.165) is 42.9 Å². The Morgan fingerprint density at radius 1 is 1.03 bits per heavy atom. The van der Waals surface area contributed by atoms with Crippen molar-refractivity contribution in [1.29, 1.82) is 0 Å². The van der Waals surface area contributed by atoms with Crippen LogP contribution in [-0.4, -0.2) is 45.9 Å². The molecule has 30 heavy (non-hydrogen) atoms. The first-order chi connectivity index (χ1) is 14.2. The van der Waals surface area contributed by atoms with E-state index in [9.17, 15) is 10.2 Å². The summed E-state index contributed by atoms with van der Waals surface area (Å²) < 4.78 is 0. The van der Waals surface area contributed by atoms with E-state index in [-0.39, 0.29) is 12.2 Å². The number of aliphatic hydroxyl groups is 2. The Bertz CT molecular complexity index is 749. The third-order valence-electron chi connectivity index (χ3n) is 11.7. The van der Waals surface area contributed by atoms with Gasteiger partial charge in [0.1, 0.15) is 0 Å². The highest BCUT2D eigenvalue weighted by Crippen LogP contribution is 2.69. The molecular weight excluding hydrogens is 370 g/mol. The van der Waals surface area contributed by atoms with Gasteiger partial charge in [-0.25, -0.2) is 0 Å². The molecule has 12 atom stereocenters. The number of nitrogens with zero attached hydrogens (tertiary/aromatic N) is 1. The highest BCUT2D eigenvalue weighted by atomic mass is 16.3. The molecule has 4 aliphatic carbocycles. The van der Waals surface area contributed by atoms with Gasteiger partial charge in [-0.15, -0.1) is 0 Å². The molecule has 0 aromatic heterocycles. The third kappa shape index (κ3) is 2.49. The molecule has 0 aromatic carbocycles. The lowest BCUT2D eigenvalue weighted by molar-refractivity contribution is -0.0650. The molecule has 5 fully saturated rings. The number of aliphatic hydroxyl groups excluding tert-OH is 2. The second-order valence-electron chi connectivity index (χ2n) is 13.0. The molecule has 3 nitrogen and oxygen atoms in total. The largest absolute Gasteiger partial charge is 0.393 e. The van der Waals surface area contributed by atoms with Gasteiger partial charge in [0.25, 0.3) is 0 Å². The number of fused-ring (bicyclic) bond motifs is 9. The molecule has 2 aliphatic heterocycles. The van der Waals surface area contributed by atoms with E-state index in [1.807, 2.05) is 0 Å². The minimum absolute atomic E-state index is 0.106. The van der Waals surface area contributed by atoms with Crippen LogP contribution in [0.5, 0.6) is 0 Å².